The van der Waals surface area contributed by atoms with Crippen LogP contribution in [-0.2, 0) is 14.2 Å². The van der Waals surface area contributed by atoms with Crippen LogP contribution in [0.15, 0.2) is 39.5 Å². The van der Waals surface area contributed by atoms with E-state index in [9.17, 15) is 45.6 Å². The molecule has 0 bridgehead atoms. The fourth-order valence-electron chi connectivity index (χ4n) is 5.14. The second-order valence-electron chi connectivity index (χ2n) is 10.6. The molecule has 3 aromatic rings. The summed E-state index contributed by atoms with van der Waals surface area (Å²) in [6.45, 7) is 0.868. The zero-order valence-electron chi connectivity index (χ0n) is 24.2. The Morgan fingerprint density at radius 1 is 0.778 bits per heavy atom. The van der Waals surface area contributed by atoms with E-state index in [1.54, 1.807) is 0 Å². The fourth-order valence-corrected chi connectivity index (χ4v) is 5.14. The van der Waals surface area contributed by atoms with Gasteiger partial charge in [-0.1, -0.05) is 0 Å². The molecule has 0 amide bonds. The summed E-state index contributed by atoms with van der Waals surface area (Å²) in [5.74, 6) is -1.66. The number of aromatic hydroxyl groups is 2. The molecule has 0 saturated carbocycles. The van der Waals surface area contributed by atoms with Crippen molar-refractivity contribution in [2.75, 3.05) is 20.8 Å². The van der Waals surface area contributed by atoms with Crippen LogP contribution in [-0.4, -0.2) is 123 Å². The number of phenolic OH excluding ortho intramolecular Hbond substituents is 2. The van der Waals surface area contributed by atoms with E-state index >= 15 is 0 Å². The van der Waals surface area contributed by atoms with Gasteiger partial charge in [-0.05, 0) is 31.2 Å². The number of aliphatic hydroxyl groups is 6. The van der Waals surface area contributed by atoms with Crippen molar-refractivity contribution in [1.29, 1.82) is 0 Å². The predicted octanol–water partition coefficient (Wildman–Crippen LogP) is -1.08. The summed E-state index contributed by atoms with van der Waals surface area (Å²) in [7, 11) is 2.56. The molecule has 16 nitrogen and oxygen atoms in total. The second-order valence-corrected chi connectivity index (χ2v) is 10.6. The molecule has 3 heterocycles. The molecule has 0 spiro atoms. The quantitative estimate of drug-likeness (QED) is 0.146. The molecule has 2 saturated heterocycles. The van der Waals surface area contributed by atoms with E-state index in [0.29, 0.717) is 0 Å². The van der Waals surface area contributed by atoms with Gasteiger partial charge in [0.15, 0.2) is 23.5 Å². The minimum Gasteiger partial charge on any atom is -0.508 e. The highest BCUT2D eigenvalue weighted by Gasteiger charge is 2.48. The summed E-state index contributed by atoms with van der Waals surface area (Å²) >= 11 is 0. The Hall–Kier alpha value is -3.71. The molecule has 246 valence electrons. The molecule has 0 unspecified atom stereocenters. The lowest BCUT2D eigenvalue weighted by Crippen LogP contribution is -2.61. The van der Waals surface area contributed by atoms with Crippen LogP contribution < -0.4 is 19.6 Å². The third-order valence-corrected chi connectivity index (χ3v) is 7.72. The normalized spacial score (nSPS) is 31.9. The summed E-state index contributed by atoms with van der Waals surface area (Å²) in [6, 6.07) is 6.74. The molecule has 16 heteroatoms. The average molecular weight is 639 g/mol. The van der Waals surface area contributed by atoms with Crippen LogP contribution in [0.3, 0.4) is 0 Å². The molecule has 2 aliphatic heterocycles. The Balaban J connectivity index is 1.51. The van der Waals surface area contributed by atoms with Crippen LogP contribution in [0.1, 0.15) is 6.92 Å². The maximum absolute atomic E-state index is 13.9. The van der Waals surface area contributed by atoms with Crippen molar-refractivity contribution < 1.29 is 73.7 Å². The fraction of sp³-hybridized carbons (Fsp3) is 0.483. The summed E-state index contributed by atoms with van der Waals surface area (Å²) < 4.78 is 38.8. The van der Waals surface area contributed by atoms with Crippen molar-refractivity contribution in [2.45, 2.75) is 68.3 Å². The first-order valence-electron chi connectivity index (χ1n) is 13.8. The summed E-state index contributed by atoms with van der Waals surface area (Å²) in [6.07, 6.45) is -15.9. The highest BCUT2D eigenvalue weighted by Crippen LogP contribution is 2.44. The first-order valence-corrected chi connectivity index (χ1v) is 13.8. The summed E-state index contributed by atoms with van der Waals surface area (Å²) in [5.41, 5.74) is -0.854. The first-order chi connectivity index (χ1) is 21.4. The van der Waals surface area contributed by atoms with Crippen LogP contribution in [0.5, 0.6) is 28.7 Å². The number of hydrogen-bond donors (Lipinski definition) is 8. The van der Waals surface area contributed by atoms with E-state index in [2.05, 4.69) is 0 Å². The van der Waals surface area contributed by atoms with Crippen molar-refractivity contribution in [3.63, 3.8) is 0 Å². The van der Waals surface area contributed by atoms with Gasteiger partial charge in [0.2, 0.25) is 23.2 Å². The van der Waals surface area contributed by atoms with Crippen molar-refractivity contribution in [2.24, 2.45) is 0 Å². The molecule has 8 N–H and O–H groups in total. The number of fused-ring (bicyclic) bond motifs is 1. The smallest absolute Gasteiger partial charge is 0.239 e. The van der Waals surface area contributed by atoms with Crippen molar-refractivity contribution in [3.05, 3.63) is 40.6 Å². The van der Waals surface area contributed by atoms with Gasteiger partial charge in [0, 0.05) is 11.6 Å². The van der Waals surface area contributed by atoms with Gasteiger partial charge in [-0.3, -0.25) is 4.79 Å². The summed E-state index contributed by atoms with van der Waals surface area (Å²) in [4.78, 5) is 13.9. The van der Waals surface area contributed by atoms with Gasteiger partial charge < -0.3 is 73.7 Å². The van der Waals surface area contributed by atoms with Crippen LogP contribution in [0.2, 0.25) is 0 Å². The van der Waals surface area contributed by atoms with Crippen LogP contribution in [0.4, 0.5) is 0 Å². The highest BCUT2D eigenvalue weighted by atomic mass is 16.7. The monoisotopic (exact) mass is 638 g/mol. The largest absolute Gasteiger partial charge is 0.508 e. The summed E-state index contributed by atoms with van der Waals surface area (Å²) in [5, 5.41) is 82.6. The average Bonchev–Trinajstić information content (AvgIpc) is 3.02. The minimum atomic E-state index is -1.92. The van der Waals surface area contributed by atoms with Gasteiger partial charge in [-0.25, -0.2) is 0 Å². The third kappa shape index (κ3) is 5.99. The Morgan fingerprint density at radius 3 is 2.07 bits per heavy atom. The van der Waals surface area contributed by atoms with E-state index in [1.807, 2.05) is 0 Å². The van der Waals surface area contributed by atoms with Crippen LogP contribution in [0, 0.1) is 0 Å². The Kier molecular flexibility index (Phi) is 9.41. The molecule has 1 aromatic heterocycles. The Labute approximate surface area is 254 Å². The molecular formula is C29H34O16. The second kappa shape index (κ2) is 13.0. The lowest BCUT2D eigenvalue weighted by atomic mass is 9.98. The number of aliphatic hydroxyl groups excluding tert-OH is 6. The zero-order valence-corrected chi connectivity index (χ0v) is 24.2. The van der Waals surface area contributed by atoms with E-state index in [-0.39, 0.29) is 39.5 Å². The number of rotatable bonds is 8. The molecule has 10 atom stereocenters. The molecule has 5 rings (SSSR count). The van der Waals surface area contributed by atoms with Crippen molar-refractivity contribution in [3.8, 4) is 40.1 Å². The lowest BCUT2D eigenvalue weighted by Gasteiger charge is -2.42. The topological polar surface area (TPSA) is 247 Å². The van der Waals surface area contributed by atoms with Crippen LogP contribution in [0.25, 0.3) is 22.3 Å². The van der Waals surface area contributed by atoms with E-state index < -0.39 is 84.9 Å². The molecule has 2 aromatic carbocycles. The van der Waals surface area contributed by atoms with Crippen LogP contribution >= 0.6 is 0 Å². The maximum Gasteiger partial charge on any atom is 0.239 e. The van der Waals surface area contributed by atoms with Crippen molar-refractivity contribution in [1.82, 2.24) is 0 Å². The predicted molar refractivity (Wildman–Crippen MR) is 150 cm³/mol. The highest BCUT2D eigenvalue weighted by molar-refractivity contribution is 5.91. The first kappa shape index (κ1) is 32.7. The Bertz CT molecular complexity index is 1560. The SMILES string of the molecule is COc1cc2oc(-c3ccc(O)cc3)c(O[C@@H]3O[C@H](CO[C@@H]4O[C@@H](C)[C@H](O)[C@@H](O)[C@H]4O)[C@H](O)[C@H](O)[C@H]3O)c(=O)c2c(O)c1OC. The Morgan fingerprint density at radius 2 is 1.42 bits per heavy atom. The van der Waals surface area contributed by atoms with E-state index in [1.165, 1.54) is 51.5 Å². The van der Waals surface area contributed by atoms with Crippen molar-refractivity contribution >= 4 is 11.0 Å². The zero-order chi connectivity index (χ0) is 32.7. The molecule has 2 aliphatic rings. The molecule has 0 aliphatic carbocycles. The lowest BCUT2D eigenvalue weighted by molar-refractivity contribution is -0.318. The van der Waals surface area contributed by atoms with E-state index in [4.69, 9.17) is 32.8 Å². The standard InChI is InChI=1S/C29H34O16/c1-10-17(31)21(35)23(37)28(42-10)41-9-15-18(32)22(36)24(38)29(44-15)45-27-20(34)16-13(8-14(39-2)26(40-3)19(16)33)43-25(27)11-4-6-12(30)7-5-11/h4-8,10,15,17-18,21-24,28-33,35-38H,9H2,1-3H3/t10-,15+,17-,18-,21+,22-,23+,24+,28+,29-/m0/s1. The van der Waals surface area contributed by atoms with Gasteiger partial charge >= 0.3 is 0 Å². The minimum absolute atomic E-state index is 0.0467. The number of hydrogen-bond acceptors (Lipinski definition) is 16. The number of benzene rings is 2. The van der Waals surface area contributed by atoms with Gasteiger partial charge in [-0.2, -0.15) is 0 Å². The van der Waals surface area contributed by atoms with Gasteiger partial charge in [0.05, 0.1) is 26.9 Å². The molecule has 45 heavy (non-hydrogen) atoms. The molecular weight excluding hydrogens is 604 g/mol. The third-order valence-electron chi connectivity index (χ3n) is 7.72. The van der Waals surface area contributed by atoms with E-state index in [0.717, 1.165) is 0 Å². The van der Waals surface area contributed by atoms with Gasteiger partial charge in [0.1, 0.15) is 59.4 Å². The maximum atomic E-state index is 13.9. The molecule has 0 radical (unpaired) electrons. The number of phenols is 2. The number of methoxy groups -OCH3 is 2. The number of ether oxygens (including phenoxy) is 6. The molecule has 2 fully saturated rings. The van der Waals surface area contributed by atoms with Gasteiger partial charge in [0.25, 0.3) is 0 Å². The van der Waals surface area contributed by atoms with Gasteiger partial charge in [-0.15, -0.1) is 0 Å².